The fraction of sp³-hybridized carbons (Fsp3) is 0.786. The minimum absolute atomic E-state index is 0.209. The predicted molar refractivity (Wildman–Crippen MR) is 68.3 cm³/mol. The highest BCUT2D eigenvalue weighted by Crippen LogP contribution is 2.42. The zero-order valence-electron chi connectivity index (χ0n) is 11.1. The Morgan fingerprint density at radius 1 is 1.50 bits per heavy atom. The first-order chi connectivity index (χ1) is 8.80. The van der Waals surface area contributed by atoms with Crippen LogP contribution < -0.4 is 5.32 Å². The highest BCUT2D eigenvalue weighted by Gasteiger charge is 2.42. The minimum atomic E-state index is 0.209. The van der Waals surface area contributed by atoms with E-state index in [1.165, 1.54) is 19.3 Å². The first-order valence-corrected chi connectivity index (χ1v) is 7.11. The molecule has 1 atom stereocenters. The lowest BCUT2D eigenvalue weighted by atomic mass is 9.74. The normalized spacial score (nSPS) is 26.2. The van der Waals surface area contributed by atoms with Crippen molar-refractivity contribution >= 4 is 0 Å². The molecule has 1 N–H and O–H groups in total. The van der Waals surface area contributed by atoms with Crippen LogP contribution >= 0.6 is 0 Å². The summed E-state index contributed by atoms with van der Waals surface area (Å²) in [6, 6.07) is 0.552. The molecule has 1 aromatic rings. The van der Waals surface area contributed by atoms with Gasteiger partial charge in [0.1, 0.15) is 5.76 Å². The number of rotatable bonds is 4. The van der Waals surface area contributed by atoms with Gasteiger partial charge in [-0.25, -0.2) is 4.98 Å². The van der Waals surface area contributed by atoms with E-state index in [2.05, 4.69) is 17.2 Å². The standard InChI is InChI=1S/C14H22N2O2/c1-2-12-9-16-13(18-12)10-15-11-4-7-17-14(8-11)5-3-6-14/h9,11,15H,2-8,10H2,1H3. The average molecular weight is 250 g/mol. The number of oxazole rings is 1. The largest absolute Gasteiger partial charge is 0.444 e. The van der Waals surface area contributed by atoms with Crippen molar-refractivity contribution in [2.24, 2.45) is 0 Å². The molecule has 1 unspecified atom stereocenters. The first kappa shape index (κ1) is 12.2. The number of aryl methyl sites for hydroxylation is 1. The van der Waals surface area contributed by atoms with Crippen LogP contribution in [0.1, 0.15) is 50.7 Å². The van der Waals surface area contributed by atoms with Crippen LogP contribution in [-0.4, -0.2) is 23.2 Å². The Morgan fingerprint density at radius 2 is 2.39 bits per heavy atom. The van der Waals surface area contributed by atoms with Crippen LogP contribution in [0.2, 0.25) is 0 Å². The molecule has 0 aromatic carbocycles. The maximum absolute atomic E-state index is 5.93. The zero-order chi connectivity index (χ0) is 12.4. The highest BCUT2D eigenvalue weighted by atomic mass is 16.5. The van der Waals surface area contributed by atoms with Crippen LogP contribution in [0.15, 0.2) is 10.6 Å². The second-order valence-electron chi connectivity index (χ2n) is 5.53. The van der Waals surface area contributed by atoms with Gasteiger partial charge in [-0.2, -0.15) is 0 Å². The summed E-state index contributed by atoms with van der Waals surface area (Å²) in [6.07, 6.45) is 8.79. The molecule has 100 valence electrons. The average Bonchev–Trinajstić information content (AvgIpc) is 2.83. The molecule has 0 bridgehead atoms. The SMILES string of the molecule is CCc1cnc(CNC2CCOC3(CCC3)C2)o1. The van der Waals surface area contributed by atoms with E-state index in [4.69, 9.17) is 9.15 Å². The van der Waals surface area contributed by atoms with E-state index in [0.29, 0.717) is 6.04 Å². The molecule has 1 aliphatic heterocycles. The summed E-state index contributed by atoms with van der Waals surface area (Å²) in [6.45, 7) is 3.71. The zero-order valence-corrected chi connectivity index (χ0v) is 11.1. The van der Waals surface area contributed by atoms with Crippen molar-refractivity contribution < 1.29 is 9.15 Å². The molecule has 1 aromatic heterocycles. The van der Waals surface area contributed by atoms with E-state index in [0.717, 1.165) is 44.1 Å². The maximum atomic E-state index is 5.93. The van der Waals surface area contributed by atoms with Crippen molar-refractivity contribution in [2.45, 2.75) is 63.6 Å². The van der Waals surface area contributed by atoms with Crippen molar-refractivity contribution in [1.29, 1.82) is 0 Å². The van der Waals surface area contributed by atoms with Gasteiger partial charge in [0, 0.05) is 19.1 Å². The van der Waals surface area contributed by atoms with Crippen LogP contribution in [0, 0.1) is 0 Å². The lowest BCUT2D eigenvalue weighted by Gasteiger charge is -2.47. The third-order valence-electron chi connectivity index (χ3n) is 4.25. The summed E-state index contributed by atoms with van der Waals surface area (Å²) in [5, 5.41) is 3.56. The third kappa shape index (κ3) is 2.45. The Kier molecular flexibility index (Phi) is 3.39. The molecule has 1 saturated carbocycles. The van der Waals surface area contributed by atoms with Crippen LogP contribution in [0.4, 0.5) is 0 Å². The van der Waals surface area contributed by atoms with Crippen molar-refractivity contribution in [3.63, 3.8) is 0 Å². The summed E-state index contributed by atoms with van der Waals surface area (Å²) < 4.78 is 11.5. The van der Waals surface area contributed by atoms with Crippen molar-refractivity contribution in [3.05, 3.63) is 17.8 Å². The van der Waals surface area contributed by atoms with Gasteiger partial charge in [0.05, 0.1) is 18.3 Å². The minimum Gasteiger partial charge on any atom is -0.444 e. The fourth-order valence-electron chi connectivity index (χ4n) is 2.95. The number of nitrogens with zero attached hydrogens (tertiary/aromatic N) is 1. The molecule has 1 saturated heterocycles. The number of aromatic nitrogens is 1. The van der Waals surface area contributed by atoms with E-state index in [-0.39, 0.29) is 5.60 Å². The highest BCUT2D eigenvalue weighted by molar-refractivity contribution is 4.97. The maximum Gasteiger partial charge on any atom is 0.208 e. The van der Waals surface area contributed by atoms with E-state index in [1.54, 1.807) is 0 Å². The predicted octanol–water partition coefficient (Wildman–Crippen LogP) is 2.43. The Balaban J connectivity index is 1.50. The van der Waals surface area contributed by atoms with Gasteiger partial charge in [-0.05, 0) is 32.1 Å². The van der Waals surface area contributed by atoms with Crippen molar-refractivity contribution in [1.82, 2.24) is 10.3 Å². The van der Waals surface area contributed by atoms with Crippen molar-refractivity contribution in [3.8, 4) is 0 Å². The Labute approximate surface area is 108 Å². The summed E-state index contributed by atoms with van der Waals surface area (Å²) in [7, 11) is 0. The van der Waals surface area contributed by atoms with Crippen molar-refractivity contribution in [2.75, 3.05) is 6.61 Å². The van der Waals surface area contributed by atoms with E-state index in [9.17, 15) is 0 Å². The number of hydrogen-bond donors (Lipinski definition) is 1. The van der Waals surface area contributed by atoms with Crippen LogP contribution in [-0.2, 0) is 17.7 Å². The van der Waals surface area contributed by atoms with E-state index >= 15 is 0 Å². The molecule has 4 nitrogen and oxygen atoms in total. The molecule has 2 aliphatic rings. The van der Waals surface area contributed by atoms with Gasteiger partial charge in [-0.15, -0.1) is 0 Å². The molecule has 4 heteroatoms. The molecule has 18 heavy (non-hydrogen) atoms. The topological polar surface area (TPSA) is 47.3 Å². The molecule has 2 fully saturated rings. The summed E-state index contributed by atoms with van der Waals surface area (Å²) in [4.78, 5) is 4.28. The quantitative estimate of drug-likeness (QED) is 0.891. The molecular formula is C14H22N2O2. The van der Waals surface area contributed by atoms with Gasteiger partial charge in [0.25, 0.3) is 0 Å². The second-order valence-corrected chi connectivity index (χ2v) is 5.53. The fourth-order valence-corrected chi connectivity index (χ4v) is 2.95. The van der Waals surface area contributed by atoms with E-state index < -0.39 is 0 Å². The summed E-state index contributed by atoms with van der Waals surface area (Å²) in [5.74, 6) is 1.77. The lowest BCUT2D eigenvalue weighted by molar-refractivity contribution is -0.135. The third-order valence-corrected chi connectivity index (χ3v) is 4.25. The van der Waals surface area contributed by atoms with Crippen LogP contribution in [0.25, 0.3) is 0 Å². The smallest absolute Gasteiger partial charge is 0.208 e. The van der Waals surface area contributed by atoms with E-state index in [1.807, 2.05) is 6.20 Å². The van der Waals surface area contributed by atoms with Gasteiger partial charge in [-0.3, -0.25) is 0 Å². The first-order valence-electron chi connectivity index (χ1n) is 7.11. The second kappa shape index (κ2) is 5.02. The van der Waals surface area contributed by atoms with Gasteiger partial charge in [0.15, 0.2) is 0 Å². The summed E-state index contributed by atoms with van der Waals surface area (Å²) >= 11 is 0. The Bertz CT molecular complexity index is 398. The molecule has 3 rings (SSSR count). The Hall–Kier alpha value is -0.870. The number of hydrogen-bond acceptors (Lipinski definition) is 4. The van der Waals surface area contributed by atoms with Gasteiger partial charge < -0.3 is 14.5 Å². The molecule has 1 aliphatic carbocycles. The molecule has 0 radical (unpaired) electrons. The number of nitrogens with one attached hydrogen (secondary N) is 1. The molecule has 0 amide bonds. The monoisotopic (exact) mass is 250 g/mol. The Morgan fingerprint density at radius 3 is 3.06 bits per heavy atom. The van der Waals surface area contributed by atoms with Crippen LogP contribution in [0.3, 0.4) is 0 Å². The molecule has 2 heterocycles. The molecule has 1 spiro atoms. The molecular weight excluding hydrogens is 228 g/mol. The van der Waals surface area contributed by atoms with Crippen LogP contribution in [0.5, 0.6) is 0 Å². The van der Waals surface area contributed by atoms with Gasteiger partial charge in [0.2, 0.25) is 5.89 Å². The van der Waals surface area contributed by atoms with Gasteiger partial charge >= 0.3 is 0 Å². The van der Waals surface area contributed by atoms with Gasteiger partial charge in [-0.1, -0.05) is 6.92 Å². The number of ether oxygens (including phenoxy) is 1. The lowest BCUT2D eigenvalue weighted by Crippen LogP contribution is -2.50. The summed E-state index contributed by atoms with van der Waals surface area (Å²) in [5.41, 5.74) is 0.209.